The van der Waals surface area contributed by atoms with Gasteiger partial charge in [-0.25, -0.2) is 4.90 Å². The van der Waals surface area contributed by atoms with Gasteiger partial charge < -0.3 is 4.18 Å². The average molecular weight is 397 g/mol. The standard InChI is InChI=1S/C21H19NO5S/c1-14-10-12-15(13-11-14)28(25,26)27-19-9-5-4-8-18(19)22-20(23)16-6-2-3-7-17(16)21(22)24/h2-5,8-13,16-17H,6-7H2,1H3/t16-,17-/m1/s1. The summed E-state index contributed by atoms with van der Waals surface area (Å²) in [6, 6.07) is 12.5. The van der Waals surface area contributed by atoms with Crippen LogP contribution >= 0.6 is 0 Å². The topological polar surface area (TPSA) is 80.8 Å². The molecule has 0 saturated carbocycles. The molecule has 0 unspecified atom stereocenters. The lowest BCUT2D eigenvalue weighted by molar-refractivity contribution is -0.122. The van der Waals surface area contributed by atoms with Crippen molar-refractivity contribution in [2.45, 2.75) is 24.7 Å². The Kier molecular flexibility index (Phi) is 4.55. The molecule has 1 fully saturated rings. The van der Waals surface area contributed by atoms with Gasteiger partial charge in [0.1, 0.15) is 4.90 Å². The van der Waals surface area contributed by atoms with Gasteiger partial charge in [-0.15, -0.1) is 0 Å². The number of para-hydroxylation sites is 2. The highest BCUT2D eigenvalue weighted by atomic mass is 32.2. The van der Waals surface area contributed by atoms with Gasteiger partial charge in [0.25, 0.3) is 0 Å². The summed E-state index contributed by atoms with van der Waals surface area (Å²) in [5, 5.41) is 0. The second kappa shape index (κ2) is 6.91. The minimum absolute atomic E-state index is 0.00449. The van der Waals surface area contributed by atoms with Gasteiger partial charge in [0.2, 0.25) is 11.8 Å². The van der Waals surface area contributed by atoms with E-state index in [1.807, 2.05) is 19.1 Å². The summed E-state index contributed by atoms with van der Waals surface area (Å²) in [6.07, 6.45) is 4.83. The number of benzene rings is 2. The molecule has 2 aromatic rings. The monoisotopic (exact) mass is 397 g/mol. The molecule has 1 aliphatic carbocycles. The van der Waals surface area contributed by atoms with Crippen LogP contribution in [0.4, 0.5) is 5.69 Å². The van der Waals surface area contributed by atoms with E-state index < -0.39 is 22.0 Å². The molecule has 2 atom stereocenters. The average Bonchev–Trinajstić information content (AvgIpc) is 2.93. The first kappa shape index (κ1) is 18.4. The molecule has 6 nitrogen and oxygen atoms in total. The zero-order valence-corrected chi connectivity index (χ0v) is 16.1. The van der Waals surface area contributed by atoms with Gasteiger partial charge in [-0.3, -0.25) is 9.59 Å². The first-order valence-corrected chi connectivity index (χ1v) is 10.4. The van der Waals surface area contributed by atoms with Gasteiger partial charge in [-0.2, -0.15) is 8.42 Å². The fourth-order valence-corrected chi connectivity index (χ4v) is 4.56. The van der Waals surface area contributed by atoms with Crippen LogP contribution in [0.1, 0.15) is 18.4 Å². The van der Waals surface area contributed by atoms with E-state index in [-0.39, 0.29) is 28.1 Å². The molecule has 2 aliphatic rings. The van der Waals surface area contributed by atoms with E-state index in [1.54, 1.807) is 24.3 Å². The first-order valence-electron chi connectivity index (χ1n) is 9.01. The molecule has 0 N–H and O–H groups in total. The fraction of sp³-hybridized carbons (Fsp3) is 0.238. The van der Waals surface area contributed by atoms with Crippen LogP contribution in [0.15, 0.2) is 65.6 Å². The Balaban J connectivity index is 1.69. The summed E-state index contributed by atoms with van der Waals surface area (Å²) in [5.74, 6) is -1.49. The molecule has 0 aromatic heterocycles. The number of amides is 2. The van der Waals surface area contributed by atoms with E-state index >= 15 is 0 Å². The minimum atomic E-state index is -4.10. The molecule has 0 bridgehead atoms. The molecule has 1 aliphatic heterocycles. The Morgan fingerprint density at radius 2 is 1.46 bits per heavy atom. The van der Waals surface area contributed by atoms with Crippen LogP contribution in [0.3, 0.4) is 0 Å². The van der Waals surface area contributed by atoms with Crippen LogP contribution in [0, 0.1) is 18.8 Å². The van der Waals surface area contributed by atoms with Crippen LogP contribution in [0.25, 0.3) is 0 Å². The molecule has 4 rings (SSSR count). The smallest absolute Gasteiger partial charge is 0.339 e. The van der Waals surface area contributed by atoms with Crippen molar-refractivity contribution in [3.8, 4) is 5.75 Å². The van der Waals surface area contributed by atoms with E-state index in [9.17, 15) is 18.0 Å². The molecule has 1 heterocycles. The molecule has 7 heteroatoms. The van der Waals surface area contributed by atoms with Crippen molar-refractivity contribution in [1.82, 2.24) is 0 Å². The number of anilines is 1. The zero-order chi connectivity index (χ0) is 19.9. The molecule has 28 heavy (non-hydrogen) atoms. The van der Waals surface area contributed by atoms with Crippen molar-refractivity contribution < 1.29 is 22.2 Å². The van der Waals surface area contributed by atoms with E-state index in [0.717, 1.165) is 10.5 Å². The third-order valence-electron chi connectivity index (χ3n) is 5.12. The molecular weight excluding hydrogens is 378 g/mol. The molecule has 0 spiro atoms. The quantitative estimate of drug-likeness (QED) is 0.450. The van der Waals surface area contributed by atoms with Gasteiger partial charge >= 0.3 is 10.1 Å². The summed E-state index contributed by atoms with van der Waals surface area (Å²) in [5.41, 5.74) is 1.08. The summed E-state index contributed by atoms with van der Waals surface area (Å²) in [4.78, 5) is 26.8. The van der Waals surface area contributed by atoms with Gasteiger partial charge in [-0.1, -0.05) is 42.0 Å². The van der Waals surface area contributed by atoms with E-state index in [2.05, 4.69) is 0 Å². The third-order valence-corrected chi connectivity index (χ3v) is 6.37. The summed E-state index contributed by atoms with van der Waals surface area (Å²) >= 11 is 0. The van der Waals surface area contributed by atoms with Crippen LogP contribution in [0.2, 0.25) is 0 Å². The van der Waals surface area contributed by atoms with Crippen LogP contribution < -0.4 is 9.08 Å². The number of allylic oxidation sites excluding steroid dienone is 2. The summed E-state index contributed by atoms with van der Waals surface area (Å²) in [7, 11) is -4.10. The van der Waals surface area contributed by atoms with Crippen molar-refractivity contribution in [3.63, 3.8) is 0 Å². The SMILES string of the molecule is Cc1ccc(S(=O)(=O)Oc2ccccc2N2C(=O)[C@@H]3CC=CC[C@H]3C2=O)cc1. The highest BCUT2D eigenvalue weighted by Crippen LogP contribution is 2.41. The van der Waals surface area contributed by atoms with Crippen molar-refractivity contribution in [2.24, 2.45) is 11.8 Å². The lowest BCUT2D eigenvalue weighted by atomic mass is 9.85. The van der Waals surface area contributed by atoms with Crippen molar-refractivity contribution >= 4 is 27.6 Å². The first-order chi connectivity index (χ1) is 13.4. The predicted molar refractivity (Wildman–Crippen MR) is 103 cm³/mol. The Bertz CT molecular complexity index is 1050. The van der Waals surface area contributed by atoms with Crippen molar-refractivity contribution in [3.05, 3.63) is 66.2 Å². The second-order valence-electron chi connectivity index (χ2n) is 6.99. The Morgan fingerprint density at radius 3 is 2.07 bits per heavy atom. The highest BCUT2D eigenvalue weighted by Gasteiger charge is 2.48. The minimum Gasteiger partial charge on any atom is -0.377 e. The lowest BCUT2D eigenvalue weighted by Crippen LogP contribution is -2.31. The predicted octanol–water partition coefficient (Wildman–Crippen LogP) is 3.22. The summed E-state index contributed by atoms with van der Waals surface area (Å²) < 4.78 is 30.7. The Morgan fingerprint density at radius 1 is 0.893 bits per heavy atom. The van der Waals surface area contributed by atoms with Gasteiger partial charge in [-0.05, 0) is 44.0 Å². The normalized spacial score (nSPS) is 21.7. The maximum Gasteiger partial charge on any atom is 0.339 e. The molecule has 0 radical (unpaired) electrons. The Hall–Kier alpha value is -2.93. The zero-order valence-electron chi connectivity index (χ0n) is 15.2. The number of carbonyl (C=O) groups excluding carboxylic acids is 2. The number of hydrogen-bond acceptors (Lipinski definition) is 5. The van der Waals surface area contributed by atoms with Crippen LogP contribution in [-0.4, -0.2) is 20.2 Å². The summed E-state index contributed by atoms with van der Waals surface area (Å²) in [6.45, 7) is 1.85. The number of nitrogens with zero attached hydrogens (tertiary/aromatic N) is 1. The maximum absolute atomic E-state index is 12.8. The van der Waals surface area contributed by atoms with Gasteiger partial charge in [0.15, 0.2) is 5.75 Å². The number of hydrogen-bond donors (Lipinski definition) is 0. The van der Waals surface area contributed by atoms with E-state index in [1.165, 1.54) is 24.3 Å². The second-order valence-corrected chi connectivity index (χ2v) is 8.53. The molecule has 1 saturated heterocycles. The number of imide groups is 1. The lowest BCUT2D eigenvalue weighted by Gasteiger charge is -2.18. The number of aryl methyl sites for hydroxylation is 1. The highest BCUT2D eigenvalue weighted by molar-refractivity contribution is 7.87. The fourth-order valence-electron chi connectivity index (χ4n) is 3.62. The van der Waals surface area contributed by atoms with Crippen molar-refractivity contribution in [1.29, 1.82) is 0 Å². The van der Waals surface area contributed by atoms with Gasteiger partial charge in [0.05, 0.1) is 17.5 Å². The number of fused-ring (bicyclic) bond motifs is 1. The third kappa shape index (κ3) is 3.11. The molecule has 144 valence electrons. The Labute approximate surface area is 163 Å². The van der Waals surface area contributed by atoms with Gasteiger partial charge in [0, 0.05) is 0 Å². The number of carbonyl (C=O) groups is 2. The van der Waals surface area contributed by atoms with E-state index in [4.69, 9.17) is 4.18 Å². The molecular formula is C21H19NO5S. The molecule has 2 amide bonds. The largest absolute Gasteiger partial charge is 0.377 e. The molecule has 2 aromatic carbocycles. The number of rotatable bonds is 4. The van der Waals surface area contributed by atoms with Crippen LogP contribution in [-0.2, 0) is 19.7 Å². The van der Waals surface area contributed by atoms with Crippen LogP contribution in [0.5, 0.6) is 5.75 Å². The maximum atomic E-state index is 12.8. The van der Waals surface area contributed by atoms with E-state index in [0.29, 0.717) is 12.8 Å². The van der Waals surface area contributed by atoms with Crippen molar-refractivity contribution in [2.75, 3.05) is 4.90 Å².